The summed E-state index contributed by atoms with van der Waals surface area (Å²) in [4.78, 5) is 15.1. The van der Waals surface area contributed by atoms with Crippen LogP contribution in [0.15, 0.2) is 43.0 Å². The van der Waals surface area contributed by atoms with Gasteiger partial charge in [0.25, 0.3) is 5.91 Å². The molecule has 4 rings (SSSR count). The Morgan fingerprint density at radius 2 is 2.06 bits per heavy atom. The third-order valence-corrected chi connectivity index (χ3v) is 6.28. The third-order valence-electron chi connectivity index (χ3n) is 5.87. The summed E-state index contributed by atoms with van der Waals surface area (Å²) < 4.78 is 16.9. The first-order chi connectivity index (χ1) is 16.9. The van der Waals surface area contributed by atoms with Crippen molar-refractivity contribution in [2.24, 2.45) is 0 Å². The zero-order chi connectivity index (χ0) is 25.1. The van der Waals surface area contributed by atoms with E-state index in [1.54, 1.807) is 30.2 Å². The van der Waals surface area contributed by atoms with Crippen molar-refractivity contribution >= 4 is 17.5 Å². The number of hydrogen-bond acceptors (Lipinski definition) is 6. The zero-order valence-electron chi connectivity index (χ0n) is 19.9. The maximum absolute atomic E-state index is 13.4. The van der Waals surface area contributed by atoms with Gasteiger partial charge in [-0.05, 0) is 49.2 Å². The van der Waals surface area contributed by atoms with Gasteiger partial charge in [-0.25, -0.2) is 0 Å². The van der Waals surface area contributed by atoms with Crippen molar-refractivity contribution in [3.8, 4) is 28.5 Å². The molecule has 1 atom stereocenters. The average molecular weight is 498 g/mol. The molecule has 1 amide bonds. The lowest BCUT2D eigenvalue weighted by atomic mass is 9.95. The molecule has 2 N–H and O–H groups in total. The van der Waals surface area contributed by atoms with Crippen LogP contribution in [0.1, 0.15) is 40.1 Å². The SMILES string of the molecule is C=CCOc1ccc(C2c3c(-c4cc(Cl)c(C)cc4O)n[nH]c3C(=O)N2CCOC)cc1OCC. The fourth-order valence-corrected chi connectivity index (χ4v) is 4.42. The Kier molecular flexibility index (Phi) is 7.33. The maximum atomic E-state index is 13.4. The summed E-state index contributed by atoms with van der Waals surface area (Å²) in [5, 5.41) is 18.5. The summed E-state index contributed by atoms with van der Waals surface area (Å²) in [5.41, 5.74) is 3.47. The Hall–Kier alpha value is -3.49. The van der Waals surface area contributed by atoms with Crippen molar-refractivity contribution in [2.75, 3.05) is 33.5 Å². The van der Waals surface area contributed by atoms with Gasteiger partial charge in [-0.15, -0.1) is 0 Å². The van der Waals surface area contributed by atoms with Crippen LogP contribution in [0.4, 0.5) is 0 Å². The Bertz CT molecular complexity index is 1260. The molecule has 1 aliphatic rings. The van der Waals surface area contributed by atoms with E-state index < -0.39 is 6.04 Å². The van der Waals surface area contributed by atoms with Gasteiger partial charge in [0, 0.05) is 29.8 Å². The number of phenols is 1. The van der Waals surface area contributed by atoms with Gasteiger partial charge in [-0.3, -0.25) is 9.89 Å². The molecule has 0 spiro atoms. The molecule has 0 bridgehead atoms. The summed E-state index contributed by atoms with van der Waals surface area (Å²) in [6, 6.07) is 8.35. The highest BCUT2D eigenvalue weighted by atomic mass is 35.5. The Labute approximate surface area is 209 Å². The molecule has 2 aromatic carbocycles. The molecule has 1 unspecified atom stereocenters. The average Bonchev–Trinajstić information content (AvgIpc) is 3.38. The van der Waals surface area contributed by atoms with E-state index in [2.05, 4.69) is 16.8 Å². The molecule has 8 nitrogen and oxygen atoms in total. The number of rotatable bonds is 10. The van der Waals surface area contributed by atoms with Gasteiger partial charge in [-0.1, -0.05) is 30.3 Å². The molecular weight excluding hydrogens is 470 g/mol. The van der Waals surface area contributed by atoms with Crippen LogP contribution in [0, 0.1) is 6.92 Å². The Morgan fingerprint density at radius 1 is 1.26 bits per heavy atom. The number of phenolic OH excluding ortho intramolecular Hbond substituents is 1. The molecule has 0 fully saturated rings. The minimum Gasteiger partial charge on any atom is -0.507 e. The minimum absolute atomic E-state index is 0.0333. The normalized spacial score (nSPS) is 14.8. The number of aromatic hydroxyl groups is 1. The molecule has 0 radical (unpaired) electrons. The van der Waals surface area contributed by atoms with E-state index in [0.717, 1.165) is 11.1 Å². The Morgan fingerprint density at radius 3 is 2.77 bits per heavy atom. The first-order valence-electron chi connectivity index (χ1n) is 11.3. The molecule has 1 aromatic heterocycles. The number of H-pyrrole nitrogens is 1. The van der Waals surface area contributed by atoms with Crippen LogP contribution in [-0.4, -0.2) is 59.6 Å². The Balaban J connectivity index is 1.87. The smallest absolute Gasteiger partial charge is 0.273 e. The number of aromatic amines is 1. The van der Waals surface area contributed by atoms with Crippen molar-refractivity contribution in [1.29, 1.82) is 0 Å². The summed E-state index contributed by atoms with van der Waals surface area (Å²) in [7, 11) is 1.59. The second kappa shape index (κ2) is 10.4. The lowest BCUT2D eigenvalue weighted by Crippen LogP contribution is -2.32. The minimum atomic E-state index is -0.492. The molecule has 2 heterocycles. The number of nitrogens with one attached hydrogen (secondary N) is 1. The highest BCUT2D eigenvalue weighted by molar-refractivity contribution is 6.31. The lowest BCUT2D eigenvalue weighted by Gasteiger charge is -2.27. The van der Waals surface area contributed by atoms with Gasteiger partial charge in [0.05, 0.1) is 19.3 Å². The topological polar surface area (TPSA) is 96.9 Å². The molecule has 1 aliphatic heterocycles. The van der Waals surface area contributed by atoms with Gasteiger partial charge >= 0.3 is 0 Å². The van der Waals surface area contributed by atoms with E-state index in [1.165, 1.54) is 0 Å². The van der Waals surface area contributed by atoms with Gasteiger partial charge in [0.15, 0.2) is 11.5 Å². The number of ether oxygens (including phenoxy) is 3. The van der Waals surface area contributed by atoms with Crippen LogP contribution in [0.5, 0.6) is 17.2 Å². The van der Waals surface area contributed by atoms with Gasteiger partial charge in [-0.2, -0.15) is 5.10 Å². The van der Waals surface area contributed by atoms with Crippen molar-refractivity contribution in [3.63, 3.8) is 0 Å². The number of aryl methyl sites for hydroxylation is 1. The number of benzene rings is 2. The van der Waals surface area contributed by atoms with E-state index in [4.69, 9.17) is 25.8 Å². The number of amides is 1. The number of aromatic nitrogens is 2. The predicted octanol–water partition coefficient (Wildman–Crippen LogP) is 4.90. The van der Waals surface area contributed by atoms with Crippen molar-refractivity contribution < 1.29 is 24.1 Å². The van der Waals surface area contributed by atoms with E-state index in [9.17, 15) is 9.90 Å². The molecule has 0 aliphatic carbocycles. The first kappa shape index (κ1) is 24.6. The molecule has 35 heavy (non-hydrogen) atoms. The molecular formula is C26H28ClN3O5. The number of carbonyl (C=O) groups excluding carboxylic acids is 1. The van der Waals surface area contributed by atoms with Crippen LogP contribution < -0.4 is 9.47 Å². The summed E-state index contributed by atoms with van der Waals surface area (Å²) in [6.45, 7) is 8.90. The van der Waals surface area contributed by atoms with Gasteiger partial charge in [0.1, 0.15) is 23.7 Å². The van der Waals surface area contributed by atoms with E-state index in [1.807, 2.05) is 32.0 Å². The monoisotopic (exact) mass is 497 g/mol. The van der Waals surface area contributed by atoms with Crippen molar-refractivity contribution in [3.05, 3.63) is 70.4 Å². The number of nitrogens with zero attached hydrogens (tertiary/aromatic N) is 2. The van der Waals surface area contributed by atoms with E-state index in [-0.39, 0.29) is 11.7 Å². The fraction of sp³-hybridized carbons (Fsp3) is 0.308. The zero-order valence-corrected chi connectivity index (χ0v) is 20.7. The van der Waals surface area contributed by atoms with Gasteiger partial charge in [0.2, 0.25) is 0 Å². The maximum Gasteiger partial charge on any atom is 0.273 e. The molecule has 0 saturated carbocycles. The van der Waals surface area contributed by atoms with Crippen LogP contribution in [-0.2, 0) is 4.74 Å². The summed E-state index contributed by atoms with van der Waals surface area (Å²) >= 11 is 6.37. The summed E-state index contributed by atoms with van der Waals surface area (Å²) in [5.74, 6) is 0.971. The predicted molar refractivity (Wildman–Crippen MR) is 133 cm³/mol. The summed E-state index contributed by atoms with van der Waals surface area (Å²) in [6.07, 6.45) is 1.66. The van der Waals surface area contributed by atoms with Crippen LogP contribution in [0.2, 0.25) is 5.02 Å². The molecule has 9 heteroatoms. The number of hydrogen-bond donors (Lipinski definition) is 2. The number of halogens is 1. The van der Waals surface area contributed by atoms with Crippen molar-refractivity contribution in [1.82, 2.24) is 15.1 Å². The van der Waals surface area contributed by atoms with Gasteiger partial charge < -0.3 is 24.2 Å². The number of fused-ring (bicyclic) bond motifs is 1. The van der Waals surface area contributed by atoms with Crippen LogP contribution in [0.25, 0.3) is 11.3 Å². The second-order valence-corrected chi connectivity index (χ2v) is 8.52. The largest absolute Gasteiger partial charge is 0.507 e. The molecule has 3 aromatic rings. The van der Waals surface area contributed by atoms with E-state index >= 15 is 0 Å². The third kappa shape index (κ3) is 4.59. The standard InChI is InChI=1S/C26H28ClN3O5/c1-5-10-35-20-8-7-16(13-21(20)34-6-2)25-22-23(17-14-18(27)15(3)12-19(17)31)28-29-24(22)26(32)30(25)9-11-33-4/h5,7-8,12-14,25,31H,1,6,9-11H2,2-4H3,(H,28,29). The highest BCUT2D eigenvalue weighted by Crippen LogP contribution is 2.46. The second-order valence-electron chi connectivity index (χ2n) is 8.11. The first-order valence-corrected chi connectivity index (χ1v) is 11.7. The van der Waals surface area contributed by atoms with E-state index in [0.29, 0.717) is 65.4 Å². The quantitative estimate of drug-likeness (QED) is 0.387. The highest BCUT2D eigenvalue weighted by Gasteiger charge is 2.42. The number of methoxy groups -OCH3 is 1. The van der Waals surface area contributed by atoms with Crippen LogP contribution in [0.3, 0.4) is 0 Å². The lowest BCUT2D eigenvalue weighted by molar-refractivity contribution is 0.0677. The molecule has 184 valence electrons. The fourth-order valence-electron chi connectivity index (χ4n) is 4.26. The molecule has 0 saturated heterocycles. The number of carbonyl (C=O) groups is 1. The van der Waals surface area contributed by atoms with Crippen molar-refractivity contribution in [2.45, 2.75) is 19.9 Å². The van der Waals surface area contributed by atoms with Crippen LogP contribution >= 0.6 is 11.6 Å².